The number of benzene rings is 2. The van der Waals surface area contributed by atoms with E-state index in [1.165, 1.54) is 10.9 Å². The maximum Gasteiger partial charge on any atom is 0.419 e. The van der Waals surface area contributed by atoms with Gasteiger partial charge in [0.15, 0.2) is 5.58 Å². The van der Waals surface area contributed by atoms with Crippen LogP contribution in [0.3, 0.4) is 0 Å². The van der Waals surface area contributed by atoms with Gasteiger partial charge < -0.3 is 24.3 Å². The molecule has 3 aromatic heterocycles. The lowest BCUT2D eigenvalue weighted by molar-refractivity contribution is 0.103. The third kappa shape index (κ3) is 5.41. The number of nitrogens with zero attached hydrogens (tertiary/aromatic N) is 7. The van der Waals surface area contributed by atoms with Crippen molar-refractivity contribution < 1.29 is 18.7 Å². The molecule has 2 aliphatic rings. The molecule has 0 saturated carbocycles. The highest BCUT2D eigenvalue weighted by molar-refractivity contribution is 6.09. The van der Waals surface area contributed by atoms with Crippen LogP contribution in [0.25, 0.3) is 11.1 Å². The number of hydrogen-bond donors (Lipinski definition) is 1. The summed E-state index contributed by atoms with van der Waals surface area (Å²) in [6.07, 6.45) is 7.15. The molecular formula is C32H32N8O5. The number of ketones is 1. The maximum atomic E-state index is 13.7. The second-order valence-electron chi connectivity index (χ2n) is 11.3. The predicted molar refractivity (Wildman–Crippen MR) is 166 cm³/mol. The van der Waals surface area contributed by atoms with Crippen molar-refractivity contribution in [2.75, 3.05) is 37.0 Å². The molecule has 2 amide bonds. The third-order valence-electron chi connectivity index (χ3n) is 8.67. The van der Waals surface area contributed by atoms with Crippen molar-refractivity contribution in [3.05, 3.63) is 94.1 Å². The van der Waals surface area contributed by atoms with Crippen LogP contribution in [-0.4, -0.2) is 73.8 Å². The summed E-state index contributed by atoms with van der Waals surface area (Å²) >= 11 is 0. The molecule has 0 radical (unpaired) electrons. The van der Waals surface area contributed by atoms with Gasteiger partial charge in [0.2, 0.25) is 5.78 Å². The summed E-state index contributed by atoms with van der Waals surface area (Å²) in [6.45, 7) is 2.33. The molecule has 2 aromatic carbocycles. The lowest BCUT2D eigenvalue weighted by atomic mass is 10.0. The van der Waals surface area contributed by atoms with Gasteiger partial charge in [0.05, 0.1) is 19.2 Å². The van der Waals surface area contributed by atoms with Crippen LogP contribution < -0.4 is 20.7 Å². The molecule has 5 heterocycles. The summed E-state index contributed by atoms with van der Waals surface area (Å²) in [7, 11) is 3.27. The zero-order valence-corrected chi connectivity index (χ0v) is 25.0. The Morgan fingerprint density at radius 2 is 1.93 bits per heavy atom. The standard InChI is InChI=1S/C32H32N8O5/c1-37-29-22(18-39-10-3-9-35-39)14-21(16-27(29)45-32(37)43)30(41)26-17-28(34-19-33-26)38-11-7-23(8-12-38)40-13-6-20-15-24(44-2)4-5-25(20)36-31(40)42/h3-5,9-10,14-17,19,23H,6-8,11-13,18H2,1-2H3,(H,36,42). The number of aromatic nitrogens is 5. The molecule has 1 saturated heterocycles. The van der Waals surface area contributed by atoms with E-state index in [2.05, 4.69) is 25.3 Å². The van der Waals surface area contributed by atoms with Crippen molar-refractivity contribution in [2.24, 2.45) is 7.05 Å². The highest BCUT2D eigenvalue weighted by Crippen LogP contribution is 2.29. The van der Waals surface area contributed by atoms with Crippen molar-refractivity contribution in [1.82, 2.24) is 29.2 Å². The van der Waals surface area contributed by atoms with Crippen molar-refractivity contribution in [2.45, 2.75) is 31.8 Å². The maximum absolute atomic E-state index is 13.7. The van der Waals surface area contributed by atoms with E-state index in [0.29, 0.717) is 48.7 Å². The molecule has 0 aliphatic carbocycles. The summed E-state index contributed by atoms with van der Waals surface area (Å²) in [5.74, 6) is 0.609. The van der Waals surface area contributed by atoms with Crippen molar-refractivity contribution in [1.29, 1.82) is 0 Å². The average molecular weight is 609 g/mol. The van der Waals surface area contributed by atoms with Crippen LogP contribution in [-0.2, 0) is 20.0 Å². The van der Waals surface area contributed by atoms with E-state index in [1.807, 2.05) is 35.4 Å². The highest BCUT2D eigenvalue weighted by Gasteiger charge is 2.31. The molecule has 7 rings (SSSR count). The first-order valence-electron chi connectivity index (χ1n) is 14.8. The van der Waals surface area contributed by atoms with Gasteiger partial charge >= 0.3 is 11.8 Å². The number of nitrogens with one attached hydrogen (secondary N) is 1. The number of carbonyl (C=O) groups is 2. The van der Waals surface area contributed by atoms with E-state index >= 15 is 0 Å². The number of ether oxygens (including phenoxy) is 1. The van der Waals surface area contributed by atoms with Crippen LogP contribution in [0.5, 0.6) is 5.75 Å². The van der Waals surface area contributed by atoms with E-state index in [4.69, 9.17) is 9.15 Å². The van der Waals surface area contributed by atoms with Crippen LogP contribution in [0.1, 0.15) is 40.0 Å². The van der Waals surface area contributed by atoms with Crippen molar-refractivity contribution in [3.63, 3.8) is 0 Å². The molecule has 0 unspecified atom stereocenters. The molecule has 13 nitrogen and oxygen atoms in total. The van der Waals surface area contributed by atoms with Gasteiger partial charge in [-0.1, -0.05) is 0 Å². The largest absolute Gasteiger partial charge is 0.497 e. The number of oxazole rings is 1. The van der Waals surface area contributed by atoms with E-state index in [-0.39, 0.29) is 23.6 Å². The van der Waals surface area contributed by atoms with Gasteiger partial charge in [-0.25, -0.2) is 19.6 Å². The molecule has 13 heteroatoms. The van der Waals surface area contributed by atoms with Gasteiger partial charge in [-0.15, -0.1) is 0 Å². The minimum Gasteiger partial charge on any atom is -0.497 e. The Bertz CT molecular complexity index is 1960. The molecule has 1 fully saturated rings. The summed E-state index contributed by atoms with van der Waals surface area (Å²) in [4.78, 5) is 52.0. The fourth-order valence-corrected chi connectivity index (χ4v) is 6.30. The van der Waals surface area contributed by atoms with Gasteiger partial charge in [0, 0.05) is 68.0 Å². The number of urea groups is 1. The Kier molecular flexibility index (Phi) is 7.28. The van der Waals surface area contributed by atoms with Crippen LogP contribution in [0, 0.1) is 0 Å². The van der Waals surface area contributed by atoms with Gasteiger partial charge in [-0.2, -0.15) is 5.10 Å². The third-order valence-corrected chi connectivity index (χ3v) is 8.67. The van der Waals surface area contributed by atoms with E-state index in [1.54, 1.807) is 43.2 Å². The summed E-state index contributed by atoms with van der Waals surface area (Å²) in [5, 5.41) is 7.33. The van der Waals surface area contributed by atoms with E-state index < -0.39 is 5.76 Å². The highest BCUT2D eigenvalue weighted by atomic mass is 16.5. The summed E-state index contributed by atoms with van der Waals surface area (Å²) in [6, 6.07) is 12.6. The zero-order chi connectivity index (χ0) is 31.1. The number of rotatable bonds is 7. The molecule has 45 heavy (non-hydrogen) atoms. The number of carbonyl (C=O) groups excluding carboxylic acids is 2. The number of amides is 2. The lowest BCUT2D eigenvalue weighted by Crippen LogP contribution is -2.49. The molecule has 230 valence electrons. The second kappa shape index (κ2) is 11.6. The smallest absolute Gasteiger partial charge is 0.419 e. The first-order chi connectivity index (χ1) is 21.9. The van der Waals surface area contributed by atoms with E-state index in [0.717, 1.165) is 41.8 Å². The molecular weight excluding hydrogens is 576 g/mol. The molecule has 2 aliphatic heterocycles. The quantitative estimate of drug-likeness (QED) is 0.275. The molecule has 0 bridgehead atoms. The Balaban J connectivity index is 1.07. The van der Waals surface area contributed by atoms with E-state index in [9.17, 15) is 14.4 Å². The Morgan fingerprint density at radius 1 is 1.09 bits per heavy atom. The average Bonchev–Trinajstić information content (AvgIpc) is 3.63. The molecule has 0 atom stereocenters. The monoisotopic (exact) mass is 608 g/mol. The molecule has 0 spiro atoms. The SMILES string of the molecule is COc1ccc2c(c1)CCN(C1CCN(c3cc(C(=O)c4cc(Cn5cccn5)c5c(c4)oc(=O)n5C)ncn3)CC1)C(=O)N2. The lowest BCUT2D eigenvalue weighted by Gasteiger charge is -2.38. The fourth-order valence-electron chi connectivity index (χ4n) is 6.30. The number of anilines is 2. The Labute approximate surface area is 258 Å². The number of piperidine rings is 1. The zero-order valence-electron chi connectivity index (χ0n) is 25.0. The predicted octanol–water partition coefficient (Wildman–Crippen LogP) is 3.46. The van der Waals surface area contributed by atoms with Gasteiger partial charge in [-0.05, 0) is 61.2 Å². The Hall–Kier alpha value is -5.46. The Morgan fingerprint density at radius 3 is 2.71 bits per heavy atom. The minimum absolute atomic E-state index is 0.0841. The van der Waals surface area contributed by atoms with Crippen molar-refractivity contribution >= 4 is 34.4 Å². The topological polar surface area (TPSA) is 141 Å². The molecule has 1 N–H and O–H groups in total. The van der Waals surface area contributed by atoms with Gasteiger partial charge in [0.1, 0.15) is 23.6 Å². The normalized spacial score (nSPS) is 15.6. The minimum atomic E-state index is -0.508. The summed E-state index contributed by atoms with van der Waals surface area (Å²) < 4.78 is 14.0. The number of methoxy groups -OCH3 is 1. The van der Waals surface area contributed by atoms with Gasteiger partial charge in [0.25, 0.3) is 0 Å². The van der Waals surface area contributed by atoms with Crippen LogP contribution >= 0.6 is 0 Å². The number of hydrogen-bond acceptors (Lipinski definition) is 9. The van der Waals surface area contributed by atoms with Crippen LogP contribution in [0.2, 0.25) is 0 Å². The summed E-state index contributed by atoms with van der Waals surface area (Å²) in [5.41, 5.74) is 4.14. The first-order valence-corrected chi connectivity index (χ1v) is 14.8. The second-order valence-corrected chi connectivity index (χ2v) is 11.3. The first kappa shape index (κ1) is 28.3. The van der Waals surface area contributed by atoms with Crippen molar-refractivity contribution in [3.8, 4) is 5.75 Å². The number of fused-ring (bicyclic) bond motifs is 2. The van der Waals surface area contributed by atoms with Gasteiger partial charge in [-0.3, -0.25) is 14.0 Å². The van der Waals surface area contributed by atoms with Crippen LogP contribution in [0.15, 0.2) is 70.4 Å². The molecule has 5 aromatic rings. The fraction of sp³-hybridized carbons (Fsp3) is 0.312. The van der Waals surface area contributed by atoms with Crippen LogP contribution in [0.4, 0.5) is 16.3 Å². The number of aryl methyl sites for hydroxylation is 1.